The lowest BCUT2D eigenvalue weighted by Crippen LogP contribution is -2.37. The second-order valence-corrected chi connectivity index (χ2v) is 5.97. The summed E-state index contributed by atoms with van der Waals surface area (Å²) in [6.07, 6.45) is 0. The highest BCUT2D eigenvalue weighted by atomic mass is 127. The van der Waals surface area contributed by atoms with Crippen molar-refractivity contribution in [1.29, 1.82) is 0 Å². The molecule has 3 nitrogen and oxygen atoms in total. The summed E-state index contributed by atoms with van der Waals surface area (Å²) in [5.74, 6) is -0.750. The molecule has 0 amide bonds. The van der Waals surface area contributed by atoms with Crippen LogP contribution in [0.5, 0.6) is 0 Å². The molecule has 0 aliphatic heterocycles. The first kappa shape index (κ1) is 17.4. The molecule has 1 atom stereocenters. The highest BCUT2D eigenvalue weighted by molar-refractivity contribution is 14.1. The Bertz CT molecular complexity index is 537. The maximum atomic E-state index is 12.3. The standard InChI is InChI=1S/C15H16BrIO3/c1-4-20-14(19)15(3,10(2)18)13(9-17)11-5-7-12(16)8-6-11/h5-9H,4H2,1-3H3/b13-9+. The molecule has 0 spiro atoms. The Morgan fingerprint density at radius 3 is 2.30 bits per heavy atom. The molecule has 1 aromatic carbocycles. The number of halogens is 2. The number of ketones is 1. The van der Waals surface area contributed by atoms with Crippen LogP contribution < -0.4 is 0 Å². The van der Waals surface area contributed by atoms with Gasteiger partial charge in [0.25, 0.3) is 0 Å². The van der Waals surface area contributed by atoms with Gasteiger partial charge in [-0.1, -0.05) is 50.7 Å². The van der Waals surface area contributed by atoms with Crippen LogP contribution in [0.25, 0.3) is 5.57 Å². The molecular weight excluding hydrogens is 435 g/mol. The van der Waals surface area contributed by atoms with E-state index in [1.807, 2.05) is 46.9 Å². The fourth-order valence-electron chi connectivity index (χ4n) is 1.81. The molecule has 5 heteroatoms. The molecule has 108 valence electrons. The SMILES string of the molecule is CCOC(=O)C(C)(C(C)=O)/C(=C/I)c1ccc(Br)cc1. The van der Waals surface area contributed by atoms with E-state index in [1.165, 1.54) is 6.92 Å². The molecule has 0 aromatic heterocycles. The highest BCUT2D eigenvalue weighted by Crippen LogP contribution is 2.38. The summed E-state index contributed by atoms with van der Waals surface area (Å²) in [6.45, 7) is 5.00. The highest BCUT2D eigenvalue weighted by Gasteiger charge is 2.43. The first-order valence-corrected chi connectivity index (χ1v) is 8.16. The Balaban J connectivity index is 3.34. The third-order valence-corrected chi connectivity index (χ3v) is 4.34. The Hall–Kier alpha value is -0.690. The Kier molecular flexibility index (Phi) is 6.39. The number of ether oxygens (including phenoxy) is 1. The van der Waals surface area contributed by atoms with Crippen molar-refractivity contribution in [3.8, 4) is 0 Å². The summed E-state index contributed by atoms with van der Waals surface area (Å²) >= 11 is 5.42. The third kappa shape index (κ3) is 3.49. The van der Waals surface area contributed by atoms with Crippen molar-refractivity contribution in [1.82, 2.24) is 0 Å². The Morgan fingerprint density at radius 1 is 1.35 bits per heavy atom. The Labute approximate surface area is 141 Å². The predicted molar refractivity (Wildman–Crippen MR) is 91.6 cm³/mol. The second kappa shape index (κ2) is 7.36. The Morgan fingerprint density at radius 2 is 1.90 bits per heavy atom. The number of carbonyl (C=O) groups excluding carboxylic acids is 2. The van der Waals surface area contributed by atoms with Crippen LogP contribution in [0.15, 0.2) is 32.8 Å². The van der Waals surface area contributed by atoms with Crippen molar-refractivity contribution >= 4 is 55.8 Å². The van der Waals surface area contributed by atoms with Gasteiger partial charge >= 0.3 is 5.97 Å². The summed E-state index contributed by atoms with van der Waals surface area (Å²) in [6, 6.07) is 7.49. The largest absolute Gasteiger partial charge is 0.465 e. The number of rotatable bonds is 5. The molecule has 0 saturated carbocycles. The van der Waals surface area contributed by atoms with Gasteiger partial charge in [-0.2, -0.15) is 0 Å². The molecule has 0 heterocycles. The average Bonchev–Trinajstić information content (AvgIpc) is 2.41. The minimum absolute atomic E-state index is 0.234. The molecule has 20 heavy (non-hydrogen) atoms. The zero-order valence-electron chi connectivity index (χ0n) is 11.6. The van der Waals surface area contributed by atoms with Gasteiger partial charge in [-0.15, -0.1) is 0 Å². The van der Waals surface area contributed by atoms with E-state index in [9.17, 15) is 9.59 Å². The van der Waals surface area contributed by atoms with Gasteiger partial charge in [-0.25, -0.2) is 0 Å². The zero-order chi connectivity index (χ0) is 15.3. The fraction of sp³-hybridized carbons (Fsp3) is 0.333. The van der Waals surface area contributed by atoms with Crippen molar-refractivity contribution in [2.45, 2.75) is 20.8 Å². The maximum absolute atomic E-state index is 12.3. The number of esters is 1. The van der Waals surface area contributed by atoms with Crippen molar-refractivity contribution in [2.24, 2.45) is 5.41 Å². The average molecular weight is 451 g/mol. The van der Waals surface area contributed by atoms with Crippen LogP contribution >= 0.6 is 38.5 Å². The van der Waals surface area contributed by atoms with Crippen LogP contribution in [0.1, 0.15) is 26.3 Å². The van der Waals surface area contributed by atoms with Gasteiger partial charge in [0.1, 0.15) is 5.41 Å². The molecule has 0 radical (unpaired) electrons. The molecule has 0 bridgehead atoms. The minimum Gasteiger partial charge on any atom is -0.465 e. The van der Waals surface area contributed by atoms with E-state index in [1.54, 1.807) is 17.9 Å². The quantitative estimate of drug-likeness (QED) is 0.379. The van der Waals surface area contributed by atoms with Gasteiger partial charge in [0.15, 0.2) is 5.78 Å². The number of carbonyl (C=O) groups is 2. The van der Waals surface area contributed by atoms with Crippen molar-refractivity contribution in [3.05, 3.63) is 38.4 Å². The van der Waals surface area contributed by atoms with E-state index in [0.29, 0.717) is 5.57 Å². The van der Waals surface area contributed by atoms with Crippen LogP contribution in [-0.4, -0.2) is 18.4 Å². The topological polar surface area (TPSA) is 43.4 Å². The van der Waals surface area contributed by atoms with Gasteiger partial charge < -0.3 is 4.74 Å². The smallest absolute Gasteiger partial charge is 0.323 e. The first-order valence-electron chi connectivity index (χ1n) is 6.13. The van der Waals surface area contributed by atoms with E-state index in [2.05, 4.69) is 15.9 Å². The fourth-order valence-corrected chi connectivity index (χ4v) is 3.06. The number of Topliss-reactive ketones (excluding diaryl/α,β-unsaturated/α-hetero) is 1. The molecule has 0 N–H and O–H groups in total. The van der Waals surface area contributed by atoms with E-state index in [-0.39, 0.29) is 12.4 Å². The van der Waals surface area contributed by atoms with Gasteiger partial charge in [0, 0.05) is 4.47 Å². The lowest BCUT2D eigenvalue weighted by molar-refractivity contribution is -0.154. The van der Waals surface area contributed by atoms with Gasteiger partial charge in [-0.3, -0.25) is 9.59 Å². The summed E-state index contributed by atoms with van der Waals surface area (Å²) in [4.78, 5) is 24.3. The van der Waals surface area contributed by atoms with Crippen molar-refractivity contribution in [2.75, 3.05) is 6.61 Å². The summed E-state index contributed by atoms with van der Waals surface area (Å²) in [7, 11) is 0. The van der Waals surface area contributed by atoms with Crippen LogP contribution in [-0.2, 0) is 14.3 Å². The second-order valence-electron chi connectivity index (χ2n) is 4.43. The van der Waals surface area contributed by atoms with E-state index in [0.717, 1.165) is 10.0 Å². The van der Waals surface area contributed by atoms with Crippen LogP contribution in [0.2, 0.25) is 0 Å². The number of benzene rings is 1. The molecular formula is C15H16BrIO3. The van der Waals surface area contributed by atoms with Crippen LogP contribution in [0, 0.1) is 5.41 Å². The van der Waals surface area contributed by atoms with Gasteiger partial charge in [0.05, 0.1) is 6.61 Å². The lowest BCUT2D eigenvalue weighted by Gasteiger charge is -2.27. The first-order chi connectivity index (χ1) is 9.37. The van der Waals surface area contributed by atoms with E-state index >= 15 is 0 Å². The molecule has 1 unspecified atom stereocenters. The number of hydrogen-bond acceptors (Lipinski definition) is 3. The minimum atomic E-state index is -1.29. The predicted octanol–water partition coefficient (Wildman–Crippen LogP) is 4.38. The van der Waals surface area contributed by atoms with Crippen LogP contribution in [0.4, 0.5) is 0 Å². The van der Waals surface area contributed by atoms with Gasteiger partial charge in [0.2, 0.25) is 0 Å². The molecule has 1 aromatic rings. The van der Waals surface area contributed by atoms with Gasteiger partial charge in [-0.05, 0) is 48.1 Å². The normalized spacial score (nSPS) is 14.6. The zero-order valence-corrected chi connectivity index (χ0v) is 15.3. The van der Waals surface area contributed by atoms with E-state index < -0.39 is 11.4 Å². The molecule has 0 saturated heterocycles. The van der Waals surface area contributed by atoms with Crippen molar-refractivity contribution in [3.63, 3.8) is 0 Å². The molecule has 0 fully saturated rings. The van der Waals surface area contributed by atoms with E-state index in [4.69, 9.17) is 4.74 Å². The monoisotopic (exact) mass is 450 g/mol. The van der Waals surface area contributed by atoms with Crippen LogP contribution in [0.3, 0.4) is 0 Å². The molecule has 0 aliphatic rings. The summed E-state index contributed by atoms with van der Waals surface area (Å²) < 4.78 is 7.79. The summed E-state index contributed by atoms with van der Waals surface area (Å²) in [5, 5.41) is 0. The summed E-state index contributed by atoms with van der Waals surface area (Å²) in [5.41, 5.74) is 0.190. The number of hydrogen-bond donors (Lipinski definition) is 0. The van der Waals surface area contributed by atoms with Crippen molar-refractivity contribution < 1.29 is 14.3 Å². The molecule has 0 aliphatic carbocycles. The lowest BCUT2D eigenvalue weighted by atomic mass is 9.76. The third-order valence-electron chi connectivity index (χ3n) is 3.19. The molecule has 1 rings (SSSR count). The maximum Gasteiger partial charge on any atom is 0.323 e.